The van der Waals surface area contributed by atoms with E-state index < -0.39 is 10.9 Å². The van der Waals surface area contributed by atoms with Crippen LogP contribution in [0.25, 0.3) is 16.7 Å². The summed E-state index contributed by atoms with van der Waals surface area (Å²) in [5.41, 5.74) is -0.0220. The molecule has 2 aromatic heterocycles. The number of carboxylic acids is 1. The second-order valence-corrected chi connectivity index (χ2v) is 4.09. The van der Waals surface area contributed by atoms with E-state index in [9.17, 15) is 14.9 Å². The Morgan fingerprint density at radius 1 is 1.29 bits per heavy atom. The molecule has 0 radical (unpaired) electrons. The van der Waals surface area contributed by atoms with Crippen LogP contribution in [0.1, 0.15) is 10.5 Å². The number of benzene rings is 1. The summed E-state index contributed by atoms with van der Waals surface area (Å²) in [6.07, 6.45) is 4.05. The van der Waals surface area contributed by atoms with E-state index in [-0.39, 0.29) is 17.2 Å². The average Bonchev–Trinajstić information content (AvgIpc) is 2.89. The Kier molecular flexibility index (Phi) is 2.79. The van der Waals surface area contributed by atoms with Crippen LogP contribution in [0.2, 0.25) is 0 Å². The molecule has 21 heavy (non-hydrogen) atoms. The largest absolute Gasteiger partial charge is 0.476 e. The van der Waals surface area contributed by atoms with Gasteiger partial charge in [-0.25, -0.2) is 19.4 Å². The van der Waals surface area contributed by atoms with Crippen LogP contribution in [-0.4, -0.2) is 35.7 Å². The number of aromatic nitrogens is 4. The summed E-state index contributed by atoms with van der Waals surface area (Å²) in [4.78, 5) is 29.2. The standard InChI is InChI=1S/C12H7N5O4/c18-12(19)10-11(14-4-3-13-10)16-9-5-8(17(20)21)2-1-7(9)6-15-16/h1-6H,(H,18,19). The SMILES string of the molecule is O=C(O)c1nccnc1-n1ncc2ccc([N+](=O)[O-])cc21. The number of hydrogen-bond donors (Lipinski definition) is 1. The third-order valence-corrected chi connectivity index (χ3v) is 2.85. The summed E-state index contributed by atoms with van der Waals surface area (Å²) in [7, 11) is 0. The summed E-state index contributed by atoms with van der Waals surface area (Å²) in [5.74, 6) is -1.26. The summed E-state index contributed by atoms with van der Waals surface area (Å²) >= 11 is 0. The number of carbonyl (C=O) groups is 1. The van der Waals surface area contributed by atoms with Gasteiger partial charge in [-0.05, 0) is 6.07 Å². The van der Waals surface area contributed by atoms with Crippen LogP contribution in [0, 0.1) is 10.1 Å². The molecule has 0 aliphatic carbocycles. The van der Waals surface area contributed by atoms with E-state index in [0.717, 1.165) is 0 Å². The van der Waals surface area contributed by atoms with E-state index in [1.807, 2.05) is 0 Å². The van der Waals surface area contributed by atoms with Gasteiger partial charge in [-0.1, -0.05) is 0 Å². The summed E-state index contributed by atoms with van der Waals surface area (Å²) in [5, 5.41) is 24.6. The first-order chi connectivity index (χ1) is 10.1. The lowest BCUT2D eigenvalue weighted by Gasteiger charge is -2.04. The first kappa shape index (κ1) is 12.7. The van der Waals surface area contributed by atoms with Crippen LogP contribution in [-0.2, 0) is 0 Å². The van der Waals surface area contributed by atoms with Gasteiger partial charge >= 0.3 is 5.97 Å². The zero-order valence-corrected chi connectivity index (χ0v) is 10.4. The highest BCUT2D eigenvalue weighted by Gasteiger charge is 2.18. The van der Waals surface area contributed by atoms with Gasteiger partial charge in [0.05, 0.1) is 16.6 Å². The number of nitro benzene ring substituents is 1. The minimum absolute atomic E-state index is 0.000461. The van der Waals surface area contributed by atoms with E-state index in [2.05, 4.69) is 15.1 Å². The molecular formula is C12H7N5O4. The molecule has 0 aliphatic heterocycles. The van der Waals surface area contributed by atoms with Gasteiger partial charge in [0.15, 0.2) is 11.5 Å². The van der Waals surface area contributed by atoms with Gasteiger partial charge < -0.3 is 5.11 Å². The normalized spacial score (nSPS) is 10.7. The fourth-order valence-corrected chi connectivity index (χ4v) is 1.93. The van der Waals surface area contributed by atoms with Crippen molar-refractivity contribution >= 4 is 22.6 Å². The molecule has 2 heterocycles. The molecule has 0 unspecified atom stereocenters. The molecule has 0 fully saturated rings. The van der Waals surface area contributed by atoms with Gasteiger partial charge in [0, 0.05) is 29.9 Å². The summed E-state index contributed by atoms with van der Waals surface area (Å²) in [6, 6.07) is 4.19. The zero-order chi connectivity index (χ0) is 15.0. The van der Waals surface area contributed by atoms with E-state index in [1.165, 1.54) is 41.5 Å². The maximum Gasteiger partial charge on any atom is 0.358 e. The smallest absolute Gasteiger partial charge is 0.358 e. The Bertz CT molecular complexity index is 873. The molecule has 0 amide bonds. The van der Waals surface area contributed by atoms with Crippen LogP contribution in [0.4, 0.5) is 5.69 Å². The number of aromatic carboxylic acids is 1. The van der Waals surface area contributed by atoms with Crippen molar-refractivity contribution in [2.24, 2.45) is 0 Å². The molecule has 3 rings (SSSR count). The molecule has 9 heteroatoms. The van der Waals surface area contributed by atoms with Crippen LogP contribution >= 0.6 is 0 Å². The molecule has 9 nitrogen and oxygen atoms in total. The Labute approximate surface area is 116 Å². The Morgan fingerprint density at radius 3 is 2.76 bits per heavy atom. The summed E-state index contributed by atoms with van der Waals surface area (Å²) < 4.78 is 1.22. The minimum Gasteiger partial charge on any atom is -0.476 e. The lowest BCUT2D eigenvalue weighted by atomic mass is 10.2. The monoisotopic (exact) mass is 285 g/mol. The fourth-order valence-electron chi connectivity index (χ4n) is 1.93. The molecule has 1 N–H and O–H groups in total. The molecule has 0 atom stereocenters. The van der Waals surface area contributed by atoms with Crippen LogP contribution in [0.15, 0.2) is 36.8 Å². The van der Waals surface area contributed by atoms with Crippen LogP contribution < -0.4 is 0 Å². The average molecular weight is 285 g/mol. The van der Waals surface area contributed by atoms with Crippen LogP contribution in [0.3, 0.4) is 0 Å². The molecule has 104 valence electrons. The van der Waals surface area contributed by atoms with Crippen molar-refractivity contribution in [1.29, 1.82) is 0 Å². The van der Waals surface area contributed by atoms with E-state index >= 15 is 0 Å². The number of fused-ring (bicyclic) bond motifs is 1. The number of non-ortho nitro benzene ring substituents is 1. The van der Waals surface area contributed by atoms with Gasteiger partial charge in [-0.15, -0.1) is 0 Å². The van der Waals surface area contributed by atoms with Crippen LogP contribution in [0.5, 0.6) is 0 Å². The first-order valence-electron chi connectivity index (χ1n) is 5.75. The highest BCUT2D eigenvalue weighted by molar-refractivity contribution is 5.90. The number of rotatable bonds is 3. The van der Waals surface area contributed by atoms with Crippen molar-refractivity contribution in [3.05, 3.63) is 52.6 Å². The molecule has 0 aliphatic rings. The Hall–Kier alpha value is -3.36. The second kappa shape index (κ2) is 4.63. The topological polar surface area (TPSA) is 124 Å². The third kappa shape index (κ3) is 2.06. The molecule has 0 saturated heterocycles. The maximum atomic E-state index is 11.2. The molecule has 0 spiro atoms. The zero-order valence-electron chi connectivity index (χ0n) is 10.4. The highest BCUT2D eigenvalue weighted by Crippen LogP contribution is 2.23. The first-order valence-corrected chi connectivity index (χ1v) is 5.75. The Morgan fingerprint density at radius 2 is 2.05 bits per heavy atom. The number of nitro groups is 1. The van der Waals surface area contributed by atoms with Crippen molar-refractivity contribution in [2.45, 2.75) is 0 Å². The number of carboxylic acid groups (broad SMARTS) is 1. The number of nitrogens with zero attached hydrogens (tertiary/aromatic N) is 5. The van der Waals surface area contributed by atoms with Gasteiger partial charge in [-0.2, -0.15) is 5.10 Å². The lowest BCUT2D eigenvalue weighted by molar-refractivity contribution is -0.384. The van der Waals surface area contributed by atoms with Gasteiger partial charge in [0.2, 0.25) is 0 Å². The van der Waals surface area contributed by atoms with Crippen molar-refractivity contribution < 1.29 is 14.8 Å². The third-order valence-electron chi connectivity index (χ3n) is 2.85. The minimum atomic E-state index is -1.26. The predicted octanol–water partition coefficient (Wildman–Crippen LogP) is 1.42. The molecule has 1 aromatic carbocycles. The van der Waals surface area contributed by atoms with Crippen molar-refractivity contribution in [3.8, 4) is 5.82 Å². The number of hydrogen-bond acceptors (Lipinski definition) is 6. The van der Waals surface area contributed by atoms with Crippen molar-refractivity contribution in [2.75, 3.05) is 0 Å². The lowest BCUT2D eigenvalue weighted by Crippen LogP contribution is -2.10. The highest BCUT2D eigenvalue weighted by atomic mass is 16.6. The molecule has 0 saturated carbocycles. The van der Waals surface area contributed by atoms with E-state index in [1.54, 1.807) is 0 Å². The van der Waals surface area contributed by atoms with Gasteiger partial charge in [0.1, 0.15) is 0 Å². The van der Waals surface area contributed by atoms with E-state index in [0.29, 0.717) is 10.9 Å². The van der Waals surface area contributed by atoms with Crippen molar-refractivity contribution in [1.82, 2.24) is 19.7 Å². The van der Waals surface area contributed by atoms with Gasteiger partial charge in [-0.3, -0.25) is 10.1 Å². The summed E-state index contributed by atoms with van der Waals surface area (Å²) in [6.45, 7) is 0. The second-order valence-electron chi connectivity index (χ2n) is 4.09. The molecule has 0 bridgehead atoms. The van der Waals surface area contributed by atoms with Crippen molar-refractivity contribution in [3.63, 3.8) is 0 Å². The fraction of sp³-hybridized carbons (Fsp3) is 0. The van der Waals surface area contributed by atoms with E-state index in [4.69, 9.17) is 5.11 Å². The quantitative estimate of drug-likeness (QED) is 0.570. The predicted molar refractivity (Wildman–Crippen MR) is 70.3 cm³/mol. The van der Waals surface area contributed by atoms with Gasteiger partial charge in [0.25, 0.3) is 5.69 Å². The maximum absolute atomic E-state index is 11.2. The Balaban J connectivity index is 2.28. The molecule has 3 aromatic rings. The molecular weight excluding hydrogens is 278 g/mol.